The molecular formula is C12H4F3IS. The van der Waals surface area contributed by atoms with Crippen molar-refractivity contribution in [3.63, 3.8) is 0 Å². The molecule has 86 valence electrons. The predicted molar refractivity (Wildman–Crippen MR) is 71.9 cm³/mol. The van der Waals surface area contributed by atoms with E-state index in [4.69, 9.17) is 0 Å². The zero-order chi connectivity index (χ0) is 12.2. The van der Waals surface area contributed by atoms with Crippen LogP contribution in [0.25, 0.3) is 20.2 Å². The van der Waals surface area contributed by atoms with Crippen molar-refractivity contribution in [1.29, 1.82) is 0 Å². The van der Waals surface area contributed by atoms with Gasteiger partial charge in [0.25, 0.3) is 0 Å². The minimum atomic E-state index is -0.905. The van der Waals surface area contributed by atoms with E-state index in [-0.39, 0.29) is 10.5 Å². The van der Waals surface area contributed by atoms with Gasteiger partial charge in [-0.3, -0.25) is 0 Å². The maximum absolute atomic E-state index is 13.9. The zero-order valence-corrected chi connectivity index (χ0v) is 11.2. The molecule has 3 rings (SSSR count). The molecule has 0 aliphatic heterocycles. The van der Waals surface area contributed by atoms with Crippen LogP contribution < -0.4 is 0 Å². The van der Waals surface area contributed by atoms with Crippen molar-refractivity contribution in [3.05, 3.63) is 45.3 Å². The molecule has 0 amide bonds. The molecule has 0 nitrogen and oxygen atoms in total. The quantitative estimate of drug-likeness (QED) is 0.489. The van der Waals surface area contributed by atoms with Crippen molar-refractivity contribution in [2.75, 3.05) is 0 Å². The fourth-order valence-corrected chi connectivity index (χ4v) is 3.59. The standard InChI is InChI=1S/C12H4F3IS/c13-7-3-1-5-6-2-4-8(16)10(15)12(6)17-11(5)9(7)14/h1-4H. The molecule has 17 heavy (non-hydrogen) atoms. The first kappa shape index (κ1) is 11.3. The van der Waals surface area contributed by atoms with Crippen molar-refractivity contribution >= 4 is 54.1 Å². The molecule has 0 N–H and O–H groups in total. The van der Waals surface area contributed by atoms with Crippen molar-refractivity contribution < 1.29 is 13.2 Å². The summed E-state index contributed by atoms with van der Waals surface area (Å²) in [5.74, 6) is -2.18. The lowest BCUT2D eigenvalue weighted by atomic mass is 10.1. The van der Waals surface area contributed by atoms with Crippen LogP contribution in [0.4, 0.5) is 13.2 Å². The van der Waals surface area contributed by atoms with Crippen molar-refractivity contribution in [3.8, 4) is 0 Å². The second kappa shape index (κ2) is 3.84. The normalized spacial score (nSPS) is 11.5. The molecule has 0 unspecified atom stereocenters. The molecular weight excluding hydrogens is 360 g/mol. The lowest BCUT2D eigenvalue weighted by Crippen LogP contribution is -1.82. The van der Waals surface area contributed by atoms with Gasteiger partial charge in [-0.25, -0.2) is 13.2 Å². The average molecular weight is 364 g/mol. The van der Waals surface area contributed by atoms with E-state index >= 15 is 0 Å². The van der Waals surface area contributed by atoms with E-state index < -0.39 is 11.6 Å². The molecule has 0 saturated heterocycles. The maximum Gasteiger partial charge on any atom is 0.176 e. The lowest BCUT2D eigenvalue weighted by Gasteiger charge is -1.96. The Bertz CT molecular complexity index is 686. The van der Waals surface area contributed by atoms with Crippen LogP contribution in [0.5, 0.6) is 0 Å². The largest absolute Gasteiger partial charge is 0.204 e. The summed E-state index contributed by atoms with van der Waals surface area (Å²) in [5.41, 5.74) is 0. The van der Waals surface area contributed by atoms with Crippen LogP contribution in [-0.2, 0) is 0 Å². The highest BCUT2D eigenvalue weighted by molar-refractivity contribution is 14.1. The van der Waals surface area contributed by atoms with Crippen LogP contribution in [0.1, 0.15) is 0 Å². The molecule has 5 heteroatoms. The van der Waals surface area contributed by atoms with E-state index in [1.807, 2.05) is 22.6 Å². The second-order valence-electron chi connectivity index (χ2n) is 3.58. The summed E-state index contributed by atoms with van der Waals surface area (Å²) < 4.78 is 41.5. The highest BCUT2D eigenvalue weighted by atomic mass is 127. The third-order valence-electron chi connectivity index (χ3n) is 2.59. The van der Waals surface area contributed by atoms with E-state index in [9.17, 15) is 13.2 Å². The Labute approximate surface area is 112 Å². The monoisotopic (exact) mass is 364 g/mol. The smallest absolute Gasteiger partial charge is 0.176 e. The Kier molecular flexibility index (Phi) is 2.55. The molecule has 0 radical (unpaired) electrons. The van der Waals surface area contributed by atoms with Gasteiger partial charge >= 0.3 is 0 Å². The SMILES string of the molecule is Fc1ccc2c(sc3c(F)c(I)ccc32)c1F. The fraction of sp³-hybridized carbons (Fsp3) is 0. The fourth-order valence-electron chi connectivity index (χ4n) is 1.79. The first-order chi connectivity index (χ1) is 8.09. The van der Waals surface area contributed by atoms with E-state index in [1.54, 1.807) is 12.1 Å². The molecule has 1 aromatic heterocycles. The van der Waals surface area contributed by atoms with Gasteiger partial charge in [0, 0.05) is 10.8 Å². The minimum Gasteiger partial charge on any atom is -0.204 e. The summed E-state index contributed by atoms with van der Waals surface area (Å²) >= 11 is 2.82. The van der Waals surface area contributed by atoms with Crippen LogP contribution in [0.3, 0.4) is 0 Å². The van der Waals surface area contributed by atoms with Crippen molar-refractivity contribution in [2.24, 2.45) is 0 Å². The molecule has 2 aromatic carbocycles. The summed E-state index contributed by atoms with van der Waals surface area (Å²) in [6, 6.07) is 5.92. The molecule has 0 bridgehead atoms. The number of rotatable bonds is 0. The van der Waals surface area contributed by atoms with Crippen molar-refractivity contribution in [2.45, 2.75) is 0 Å². The van der Waals surface area contributed by atoms with E-state index in [2.05, 4.69) is 0 Å². The van der Waals surface area contributed by atoms with Gasteiger partial charge in [0.1, 0.15) is 0 Å². The summed E-state index contributed by atoms with van der Waals surface area (Å²) in [7, 11) is 0. The number of fused-ring (bicyclic) bond motifs is 3. The predicted octanol–water partition coefficient (Wildman–Crippen LogP) is 5.08. The maximum atomic E-state index is 13.9. The lowest BCUT2D eigenvalue weighted by molar-refractivity contribution is 0.518. The van der Waals surface area contributed by atoms with Crippen LogP contribution >= 0.6 is 33.9 Å². The zero-order valence-electron chi connectivity index (χ0n) is 8.23. The summed E-state index contributed by atoms with van der Waals surface area (Å²) in [4.78, 5) is 0. The van der Waals surface area contributed by atoms with Crippen LogP contribution in [0, 0.1) is 21.0 Å². The minimum absolute atomic E-state index is 0.168. The average Bonchev–Trinajstić information content (AvgIpc) is 2.69. The van der Waals surface area contributed by atoms with E-state index in [0.29, 0.717) is 19.0 Å². The first-order valence-corrected chi connectivity index (χ1v) is 6.63. The molecule has 1 heterocycles. The van der Waals surface area contributed by atoms with Crippen LogP contribution in [-0.4, -0.2) is 0 Å². The Morgan fingerprint density at radius 1 is 0.824 bits per heavy atom. The third-order valence-corrected chi connectivity index (χ3v) is 4.63. The summed E-state index contributed by atoms with van der Waals surface area (Å²) in [6.07, 6.45) is 0. The Balaban J connectivity index is 2.58. The highest BCUT2D eigenvalue weighted by Gasteiger charge is 2.16. The van der Waals surface area contributed by atoms with E-state index in [0.717, 1.165) is 17.4 Å². The van der Waals surface area contributed by atoms with Gasteiger partial charge in [0.05, 0.1) is 13.0 Å². The Hall–Kier alpha value is -0.820. The van der Waals surface area contributed by atoms with Gasteiger partial charge < -0.3 is 0 Å². The molecule has 0 spiro atoms. The molecule has 0 aliphatic rings. The van der Waals surface area contributed by atoms with Gasteiger partial charge in [-0.05, 0) is 40.8 Å². The topological polar surface area (TPSA) is 0 Å². The summed E-state index contributed by atoms with van der Waals surface area (Å²) in [6.45, 7) is 0. The van der Waals surface area contributed by atoms with Gasteiger partial charge in [-0.1, -0.05) is 6.07 Å². The van der Waals surface area contributed by atoms with E-state index in [1.165, 1.54) is 6.07 Å². The highest BCUT2D eigenvalue weighted by Crippen LogP contribution is 2.38. The third kappa shape index (κ3) is 1.55. The van der Waals surface area contributed by atoms with Crippen LogP contribution in [0.15, 0.2) is 24.3 Å². The number of halogens is 4. The second-order valence-corrected chi connectivity index (χ2v) is 5.76. The Morgan fingerprint density at radius 3 is 2.12 bits per heavy atom. The number of thiophene rings is 1. The van der Waals surface area contributed by atoms with Gasteiger partial charge in [0.2, 0.25) is 0 Å². The molecule has 0 fully saturated rings. The van der Waals surface area contributed by atoms with Crippen LogP contribution in [0.2, 0.25) is 0 Å². The number of hydrogen-bond acceptors (Lipinski definition) is 1. The molecule has 0 saturated carbocycles. The first-order valence-electron chi connectivity index (χ1n) is 4.74. The molecule has 0 atom stereocenters. The van der Waals surface area contributed by atoms with Gasteiger partial charge in [0.15, 0.2) is 17.5 Å². The molecule has 3 aromatic rings. The number of hydrogen-bond donors (Lipinski definition) is 0. The van der Waals surface area contributed by atoms with Gasteiger partial charge in [-0.15, -0.1) is 11.3 Å². The Morgan fingerprint density at radius 2 is 1.41 bits per heavy atom. The van der Waals surface area contributed by atoms with Crippen molar-refractivity contribution in [1.82, 2.24) is 0 Å². The molecule has 0 aliphatic carbocycles. The van der Waals surface area contributed by atoms with Gasteiger partial charge in [-0.2, -0.15) is 0 Å². The number of benzene rings is 2. The summed E-state index contributed by atoms with van der Waals surface area (Å²) in [5, 5.41) is 1.18.